The zero-order valence-corrected chi connectivity index (χ0v) is 27.8. The third-order valence-corrected chi connectivity index (χ3v) is 8.16. The first-order chi connectivity index (χ1) is 22.4. The van der Waals surface area contributed by atoms with Crippen LogP contribution < -0.4 is 9.47 Å². The Hall–Kier alpha value is -4.33. The number of hydrogen-bond donors (Lipinski definition) is 2. The molecule has 0 bridgehead atoms. The molecule has 46 heavy (non-hydrogen) atoms. The maximum Gasteiger partial charge on any atom is 0.167 e. The molecule has 0 spiro atoms. The smallest absolute Gasteiger partial charge is 0.167 e. The number of rotatable bonds is 17. The first kappa shape index (κ1) is 34.5. The van der Waals surface area contributed by atoms with Crippen molar-refractivity contribution in [3.63, 3.8) is 0 Å². The van der Waals surface area contributed by atoms with Gasteiger partial charge >= 0.3 is 0 Å². The molecule has 2 aromatic carbocycles. The molecule has 0 radical (unpaired) electrons. The third kappa shape index (κ3) is 9.83. The van der Waals surface area contributed by atoms with Gasteiger partial charge in [0.25, 0.3) is 0 Å². The van der Waals surface area contributed by atoms with Gasteiger partial charge in [0.2, 0.25) is 0 Å². The Morgan fingerprint density at radius 1 is 0.804 bits per heavy atom. The summed E-state index contributed by atoms with van der Waals surface area (Å²) in [5, 5.41) is 22.4. The highest BCUT2D eigenvalue weighted by Crippen LogP contribution is 2.33. The van der Waals surface area contributed by atoms with Crippen LogP contribution >= 0.6 is 0 Å². The summed E-state index contributed by atoms with van der Waals surface area (Å²) < 4.78 is 17.4. The van der Waals surface area contributed by atoms with E-state index >= 15 is 0 Å². The number of aliphatic hydroxyl groups excluding tert-OH is 1. The van der Waals surface area contributed by atoms with E-state index in [4.69, 9.17) is 29.2 Å². The molecule has 1 unspecified atom stereocenters. The van der Waals surface area contributed by atoms with Crippen LogP contribution in [0.25, 0.3) is 28.3 Å². The Kier molecular flexibility index (Phi) is 13.5. The molecule has 1 aliphatic carbocycles. The Bertz CT molecular complexity index is 1500. The summed E-state index contributed by atoms with van der Waals surface area (Å²) in [5.41, 5.74) is 1.62. The molecule has 3 aromatic rings. The molecule has 0 aliphatic heterocycles. The van der Waals surface area contributed by atoms with Gasteiger partial charge in [-0.25, -0.2) is 15.0 Å². The topological polar surface area (TPSA) is 107 Å². The quantitative estimate of drug-likeness (QED) is 0.143. The van der Waals surface area contributed by atoms with Crippen molar-refractivity contribution < 1.29 is 24.4 Å². The largest absolute Gasteiger partial charge is 0.507 e. The molecule has 1 atom stereocenters. The van der Waals surface area contributed by atoms with Crippen LogP contribution in [-0.4, -0.2) is 45.5 Å². The van der Waals surface area contributed by atoms with Gasteiger partial charge < -0.3 is 24.4 Å². The fourth-order valence-corrected chi connectivity index (χ4v) is 5.24. The average molecular weight is 628 g/mol. The van der Waals surface area contributed by atoms with E-state index in [-0.39, 0.29) is 23.2 Å². The maximum atomic E-state index is 11.4. The lowest BCUT2D eigenvalue weighted by Gasteiger charge is -2.18. The fraction of sp³-hybridized carbons (Fsp3) is 0.447. The number of aromatic hydroxyl groups is 1. The summed E-state index contributed by atoms with van der Waals surface area (Å²) in [4.78, 5) is 14.3. The second-order valence-corrected chi connectivity index (χ2v) is 11.7. The van der Waals surface area contributed by atoms with Crippen LogP contribution in [0.15, 0.2) is 72.2 Å². The van der Waals surface area contributed by atoms with E-state index in [9.17, 15) is 10.2 Å². The van der Waals surface area contributed by atoms with Crippen molar-refractivity contribution in [2.75, 3.05) is 20.3 Å². The van der Waals surface area contributed by atoms with Gasteiger partial charge in [-0.05, 0) is 61.6 Å². The molecule has 2 N–H and O–H groups in total. The number of phenols is 1. The van der Waals surface area contributed by atoms with Crippen LogP contribution in [0.3, 0.4) is 0 Å². The summed E-state index contributed by atoms with van der Waals surface area (Å²) in [7, 11) is 1.62. The van der Waals surface area contributed by atoms with E-state index < -0.39 is 0 Å². The molecule has 1 heterocycles. The molecular formula is C38H49N3O5. The predicted octanol–water partition coefficient (Wildman–Crippen LogP) is 9.61. The summed E-state index contributed by atoms with van der Waals surface area (Å²) in [5.74, 6) is 3.49. The average Bonchev–Trinajstić information content (AvgIpc) is 3.06. The van der Waals surface area contributed by atoms with Gasteiger partial charge in [-0.3, -0.25) is 0 Å². The summed E-state index contributed by atoms with van der Waals surface area (Å²) in [6.45, 7) is 7.79. The second-order valence-electron chi connectivity index (χ2n) is 11.7. The Morgan fingerprint density at radius 2 is 1.54 bits per heavy atom. The first-order valence-corrected chi connectivity index (χ1v) is 16.8. The van der Waals surface area contributed by atoms with Gasteiger partial charge in [-0.1, -0.05) is 71.4 Å². The fourth-order valence-electron chi connectivity index (χ4n) is 5.24. The number of aromatic nitrogens is 3. The number of allylic oxidation sites excluding steroid dienone is 5. The van der Waals surface area contributed by atoms with Crippen LogP contribution in [0, 0.1) is 5.92 Å². The molecule has 0 amide bonds. The van der Waals surface area contributed by atoms with Crippen LogP contribution in [0.4, 0.5) is 0 Å². The monoisotopic (exact) mass is 627 g/mol. The van der Waals surface area contributed by atoms with Crippen molar-refractivity contribution in [3.8, 4) is 40.0 Å². The van der Waals surface area contributed by atoms with Crippen molar-refractivity contribution in [1.82, 2.24) is 15.0 Å². The van der Waals surface area contributed by atoms with Gasteiger partial charge in [-0.15, -0.1) is 0 Å². The summed E-state index contributed by atoms with van der Waals surface area (Å²) in [6, 6.07) is 12.6. The molecule has 0 saturated heterocycles. The van der Waals surface area contributed by atoms with Gasteiger partial charge in [0.15, 0.2) is 17.5 Å². The molecule has 246 valence electrons. The number of hydrogen-bond acceptors (Lipinski definition) is 8. The lowest BCUT2D eigenvalue weighted by atomic mass is 10.0. The molecule has 8 heteroatoms. The molecule has 0 saturated carbocycles. The maximum absolute atomic E-state index is 11.4. The molecule has 1 aromatic heterocycles. The highest BCUT2D eigenvalue weighted by molar-refractivity contribution is 5.76. The summed E-state index contributed by atoms with van der Waals surface area (Å²) in [6.07, 6.45) is 15.9. The minimum atomic E-state index is -0.000525. The molecule has 8 nitrogen and oxygen atoms in total. The Balaban J connectivity index is 1.70. The molecular weight excluding hydrogens is 578 g/mol. The molecule has 0 fully saturated rings. The number of aliphatic hydroxyl groups is 1. The van der Waals surface area contributed by atoms with Crippen LogP contribution in [0.2, 0.25) is 0 Å². The zero-order valence-electron chi connectivity index (χ0n) is 27.8. The van der Waals surface area contributed by atoms with E-state index in [2.05, 4.69) is 20.8 Å². The standard InChI is InChI=1S/C38H49N3O5/c1-5-8-10-13-23-45-31-21-22-33(35(43)25-31)38-40-36(28-17-19-29(44-4)20-18-28)39-37(41-38)32-16-12-11-15-30(24-34(32)42)46-26-27(7-3)14-9-6-2/h12,16-22,24-25,27,42-43H,5-11,13-15,23,26H2,1-4H3/b16-12-,30-24+,34-32-. The molecule has 4 rings (SSSR count). The number of phenolic OH excluding ortho intramolecular Hbond substituents is 1. The van der Waals surface area contributed by atoms with Gasteiger partial charge in [0.05, 0.1) is 37.2 Å². The number of ether oxygens (including phenoxy) is 3. The van der Waals surface area contributed by atoms with Gasteiger partial charge in [-0.2, -0.15) is 0 Å². The second kappa shape index (κ2) is 18.0. The van der Waals surface area contributed by atoms with Crippen molar-refractivity contribution in [3.05, 3.63) is 78.0 Å². The minimum Gasteiger partial charge on any atom is -0.507 e. The van der Waals surface area contributed by atoms with Crippen molar-refractivity contribution >= 4 is 5.57 Å². The lowest BCUT2D eigenvalue weighted by molar-refractivity contribution is 0.148. The third-order valence-electron chi connectivity index (χ3n) is 8.16. The van der Waals surface area contributed by atoms with Crippen LogP contribution in [-0.2, 0) is 4.74 Å². The zero-order chi connectivity index (χ0) is 32.7. The lowest BCUT2D eigenvalue weighted by Crippen LogP contribution is -2.10. The molecule has 1 aliphatic rings. The predicted molar refractivity (Wildman–Crippen MR) is 184 cm³/mol. The van der Waals surface area contributed by atoms with Crippen molar-refractivity contribution in [2.45, 2.75) is 85.0 Å². The normalized spacial score (nSPS) is 17.3. The SMILES string of the molecule is CCCCCCOc1ccc(-c2nc(C3=C(O)/C=C(/OCC(CC)CCCC)CC/C=C\3)nc(-c3ccc(OC)cc3)n2)c(O)c1. The first-order valence-electron chi connectivity index (χ1n) is 16.8. The van der Waals surface area contributed by atoms with Crippen LogP contribution in [0.5, 0.6) is 17.2 Å². The van der Waals surface area contributed by atoms with Crippen molar-refractivity contribution in [1.29, 1.82) is 0 Å². The van der Waals surface area contributed by atoms with E-state index in [1.807, 2.05) is 42.5 Å². The highest BCUT2D eigenvalue weighted by atomic mass is 16.5. The highest BCUT2D eigenvalue weighted by Gasteiger charge is 2.19. The Labute approximate surface area is 273 Å². The Morgan fingerprint density at radius 3 is 2.26 bits per heavy atom. The van der Waals surface area contributed by atoms with Gasteiger partial charge in [0.1, 0.15) is 23.0 Å². The number of benzene rings is 2. The van der Waals surface area contributed by atoms with E-state index in [0.717, 1.165) is 56.3 Å². The number of nitrogens with zero attached hydrogens (tertiary/aromatic N) is 3. The van der Waals surface area contributed by atoms with E-state index in [1.54, 1.807) is 25.3 Å². The van der Waals surface area contributed by atoms with E-state index in [1.165, 1.54) is 12.8 Å². The van der Waals surface area contributed by atoms with Crippen LogP contribution in [0.1, 0.15) is 90.8 Å². The number of methoxy groups -OCH3 is 1. The number of unbranched alkanes of at least 4 members (excludes halogenated alkanes) is 4. The minimum absolute atomic E-state index is 0.000525. The van der Waals surface area contributed by atoms with Gasteiger partial charge in [0, 0.05) is 24.1 Å². The van der Waals surface area contributed by atoms with Crippen molar-refractivity contribution in [2.24, 2.45) is 5.92 Å². The summed E-state index contributed by atoms with van der Waals surface area (Å²) >= 11 is 0. The van der Waals surface area contributed by atoms with E-state index in [0.29, 0.717) is 54.0 Å².